The number of amides is 2. The number of hydrogen-bond acceptors (Lipinski definition) is 4. The van der Waals surface area contributed by atoms with Gasteiger partial charge < -0.3 is 10.1 Å². The molecule has 2 amide bonds. The van der Waals surface area contributed by atoms with E-state index in [1.165, 1.54) is 4.90 Å². The van der Waals surface area contributed by atoms with Gasteiger partial charge in [0.2, 0.25) is 11.8 Å². The fourth-order valence-electron chi connectivity index (χ4n) is 2.29. The summed E-state index contributed by atoms with van der Waals surface area (Å²) in [5.41, 5.74) is 0. The number of hydrogen-bond donors (Lipinski definition) is 1. The zero-order valence-corrected chi connectivity index (χ0v) is 8.86. The molecule has 2 atom stereocenters. The Bertz CT molecular complexity index is 258. The third-order valence-electron chi connectivity index (χ3n) is 3.11. The van der Waals surface area contributed by atoms with E-state index < -0.39 is 0 Å². The van der Waals surface area contributed by atoms with Crippen molar-refractivity contribution in [3.8, 4) is 0 Å². The Morgan fingerprint density at radius 1 is 1.33 bits per heavy atom. The van der Waals surface area contributed by atoms with Gasteiger partial charge in [-0.3, -0.25) is 14.5 Å². The van der Waals surface area contributed by atoms with E-state index >= 15 is 0 Å². The Hall–Kier alpha value is -0.940. The van der Waals surface area contributed by atoms with Gasteiger partial charge in [0.05, 0.1) is 11.8 Å². The molecule has 2 fully saturated rings. The normalized spacial score (nSPS) is 30.1. The first-order chi connectivity index (χ1) is 7.25. The van der Waals surface area contributed by atoms with Gasteiger partial charge in [-0.05, 0) is 6.42 Å². The minimum atomic E-state index is -0.111. The summed E-state index contributed by atoms with van der Waals surface area (Å²) in [6.45, 7) is 2.38. The third-order valence-corrected chi connectivity index (χ3v) is 3.11. The maximum absolute atomic E-state index is 11.8. The average Bonchev–Trinajstić information content (AvgIpc) is 2.77. The molecule has 0 radical (unpaired) electrons. The molecule has 0 spiro atoms. The summed E-state index contributed by atoms with van der Waals surface area (Å²) in [6, 6.07) is 0. The molecular weight excluding hydrogens is 196 g/mol. The van der Waals surface area contributed by atoms with Crippen LogP contribution in [0.3, 0.4) is 0 Å². The number of ether oxygens (including phenoxy) is 1. The second-order valence-electron chi connectivity index (χ2n) is 4.05. The van der Waals surface area contributed by atoms with E-state index in [4.69, 9.17) is 4.74 Å². The molecule has 5 nitrogen and oxygen atoms in total. The predicted octanol–water partition coefficient (Wildman–Crippen LogP) is -0.773. The second-order valence-corrected chi connectivity index (χ2v) is 4.05. The maximum atomic E-state index is 11.8. The third kappa shape index (κ3) is 1.77. The molecule has 0 bridgehead atoms. The average molecular weight is 212 g/mol. The van der Waals surface area contributed by atoms with Crippen molar-refractivity contribution in [1.82, 2.24) is 10.2 Å². The van der Waals surface area contributed by atoms with Crippen LogP contribution >= 0.6 is 0 Å². The predicted molar refractivity (Wildman–Crippen MR) is 53.1 cm³/mol. The Labute approximate surface area is 88.8 Å². The van der Waals surface area contributed by atoms with Gasteiger partial charge >= 0.3 is 0 Å². The molecule has 15 heavy (non-hydrogen) atoms. The zero-order chi connectivity index (χ0) is 10.8. The summed E-state index contributed by atoms with van der Waals surface area (Å²) in [7, 11) is 1.62. The topological polar surface area (TPSA) is 58.6 Å². The highest BCUT2D eigenvalue weighted by molar-refractivity contribution is 6.05. The fraction of sp³-hybridized carbons (Fsp3) is 0.800. The number of carbonyl (C=O) groups is 2. The van der Waals surface area contributed by atoms with Gasteiger partial charge in [-0.1, -0.05) is 0 Å². The molecule has 2 aliphatic rings. The minimum Gasteiger partial charge on any atom is -0.385 e. The number of nitrogens with zero attached hydrogens (tertiary/aromatic N) is 1. The number of imide groups is 1. The SMILES string of the molecule is COCCCN1C(=O)[C@H]2CNC[C@@H]2C1=O. The molecule has 5 heteroatoms. The molecule has 0 aromatic heterocycles. The number of likely N-dealkylation sites (tertiary alicyclic amines) is 1. The van der Waals surface area contributed by atoms with E-state index in [0.29, 0.717) is 26.2 Å². The van der Waals surface area contributed by atoms with Gasteiger partial charge in [0.25, 0.3) is 0 Å². The first-order valence-electron chi connectivity index (χ1n) is 5.30. The Morgan fingerprint density at radius 2 is 1.93 bits per heavy atom. The van der Waals surface area contributed by atoms with Crippen LogP contribution in [0.15, 0.2) is 0 Å². The van der Waals surface area contributed by atoms with Crippen LogP contribution < -0.4 is 5.32 Å². The van der Waals surface area contributed by atoms with E-state index in [9.17, 15) is 9.59 Å². The lowest BCUT2D eigenvalue weighted by Crippen LogP contribution is -2.35. The lowest BCUT2D eigenvalue weighted by Gasteiger charge is -2.15. The van der Waals surface area contributed by atoms with Crippen LogP contribution in [0.1, 0.15) is 6.42 Å². The molecule has 2 saturated heterocycles. The molecule has 2 aliphatic heterocycles. The van der Waals surface area contributed by atoms with Crippen molar-refractivity contribution < 1.29 is 14.3 Å². The molecule has 0 saturated carbocycles. The number of carbonyl (C=O) groups excluding carboxylic acids is 2. The number of methoxy groups -OCH3 is 1. The van der Waals surface area contributed by atoms with Crippen molar-refractivity contribution >= 4 is 11.8 Å². The first-order valence-corrected chi connectivity index (χ1v) is 5.30. The molecule has 0 aliphatic carbocycles. The Kier molecular flexibility index (Phi) is 3.02. The number of nitrogens with one attached hydrogen (secondary N) is 1. The Morgan fingerprint density at radius 3 is 2.47 bits per heavy atom. The molecule has 2 rings (SSSR count). The van der Waals surface area contributed by atoms with E-state index in [1.807, 2.05) is 0 Å². The van der Waals surface area contributed by atoms with Crippen LogP contribution in [0.5, 0.6) is 0 Å². The van der Waals surface area contributed by atoms with Crippen LogP contribution in [-0.4, -0.2) is 50.1 Å². The highest BCUT2D eigenvalue weighted by Crippen LogP contribution is 2.28. The van der Waals surface area contributed by atoms with Crippen LogP contribution in [0.4, 0.5) is 0 Å². The number of rotatable bonds is 4. The minimum absolute atomic E-state index is 0.00824. The summed E-state index contributed by atoms with van der Waals surface area (Å²) < 4.78 is 4.90. The van der Waals surface area contributed by atoms with Crippen molar-refractivity contribution in [3.05, 3.63) is 0 Å². The lowest BCUT2D eigenvalue weighted by atomic mass is 10.00. The highest BCUT2D eigenvalue weighted by Gasteiger charge is 2.49. The summed E-state index contributed by atoms with van der Waals surface area (Å²) in [6.07, 6.45) is 0.723. The highest BCUT2D eigenvalue weighted by atomic mass is 16.5. The monoisotopic (exact) mass is 212 g/mol. The van der Waals surface area contributed by atoms with Gasteiger partial charge in [0.15, 0.2) is 0 Å². The fourth-order valence-corrected chi connectivity index (χ4v) is 2.29. The van der Waals surface area contributed by atoms with Crippen molar-refractivity contribution in [3.63, 3.8) is 0 Å². The standard InChI is InChI=1S/C10H16N2O3/c1-15-4-2-3-12-9(13)7-5-11-6-8(7)10(12)14/h7-8,11H,2-6H2,1H3/t7-,8-/m0/s1. The smallest absolute Gasteiger partial charge is 0.234 e. The summed E-state index contributed by atoms with van der Waals surface area (Å²) >= 11 is 0. The Balaban J connectivity index is 1.95. The summed E-state index contributed by atoms with van der Waals surface area (Å²) in [5.74, 6) is -0.239. The molecule has 0 aromatic carbocycles. The molecule has 0 aromatic rings. The largest absolute Gasteiger partial charge is 0.385 e. The van der Waals surface area contributed by atoms with E-state index in [-0.39, 0.29) is 23.7 Å². The second kappa shape index (κ2) is 4.28. The molecule has 1 N–H and O–H groups in total. The lowest BCUT2D eigenvalue weighted by molar-refractivity contribution is -0.140. The van der Waals surface area contributed by atoms with Crippen LogP contribution in [0.2, 0.25) is 0 Å². The van der Waals surface area contributed by atoms with Crippen molar-refractivity contribution in [2.45, 2.75) is 6.42 Å². The van der Waals surface area contributed by atoms with Gasteiger partial charge in [-0.2, -0.15) is 0 Å². The van der Waals surface area contributed by atoms with Crippen molar-refractivity contribution in [1.29, 1.82) is 0 Å². The van der Waals surface area contributed by atoms with Crippen LogP contribution in [-0.2, 0) is 14.3 Å². The van der Waals surface area contributed by atoms with E-state index in [0.717, 1.165) is 6.42 Å². The summed E-state index contributed by atoms with van der Waals surface area (Å²) in [4.78, 5) is 25.0. The van der Waals surface area contributed by atoms with Crippen molar-refractivity contribution in [2.24, 2.45) is 11.8 Å². The molecule has 0 unspecified atom stereocenters. The molecule has 2 heterocycles. The molecule has 84 valence electrons. The quantitative estimate of drug-likeness (QED) is 0.491. The maximum Gasteiger partial charge on any atom is 0.234 e. The summed E-state index contributed by atoms with van der Waals surface area (Å²) in [5, 5.41) is 3.08. The number of fused-ring (bicyclic) bond motifs is 1. The van der Waals surface area contributed by atoms with E-state index in [1.54, 1.807) is 7.11 Å². The van der Waals surface area contributed by atoms with Crippen molar-refractivity contribution in [2.75, 3.05) is 33.4 Å². The van der Waals surface area contributed by atoms with Gasteiger partial charge in [0.1, 0.15) is 0 Å². The van der Waals surface area contributed by atoms with Gasteiger partial charge in [-0.25, -0.2) is 0 Å². The first kappa shape index (κ1) is 10.6. The van der Waals surface area contributed by atoms with Gasteiger partial charge in [0, 0.05) is 33.4 Å². The van der Waals surface area contributed by atoms with Crippen LogP contribution in [0, 0.1) is 11.8 Å². The molecular formula is C10H16N2O3. The van der Waals surface area contributed by atoms with E-state index in [2.05, 4.69) is 5.32 Å². The zero-order valence-electron chi connectivity index (χ0n) is 8.86. The van der Waals surface area contributed by atoms with Crippen LogP contribution in [0.25, 0.3) is 0 Å². The van der Waals surface area contributed by atoms with Gasteiger partial charge in [-0.15, -0.1) is 0 Å².